The summed E-state index contributed by atoms with van der Waals surface area (Å²) in [5, 5.41) is 3.24. The molecule has 0 spiro atoms. The van der Waals surface area contributed by atoms with Crippen LogP contribution < -0.4 is 5.32 Å². The van der Waals surface area contributed by atoms with Gasteiger partial charge in [0, 0.05) is 26.0 Å². The van der Waals surface area contributed by atoms with Crippen molar-refractivity contribution in [3.63, 3.8) is 0 Å². The molecule has 0 amide bonds. The molecule has 0 aromatic carbocycles. The lowest BCUT2D eigenvalue weighted by Crippen LogP contribution is -2.17. The van der Waals surface area contributed by atoms with Gasteiger partial charge < -0.3 is 10.1 Å². The van der Waals surface area contributed by atoms with Crippen molar-refractivity contribution in [1.29, 1.82) is 0 Å². The summed E-state index contributed by atoms with van der Waals surface area (Å²) in [5.74, 6) is 1.33. The van der Waals surface area contributed by atoms with Crippen LogP contribution in [-0.2, 0) is 4.74 Å². The van der Waals surface area contributed by atoms with Gasteiger partial charge in [-0.2, -0.15) is 0 Å². The lowest BCUT2D eigenvalue weighted by molar-refractivity contribution is 0.164. The normalized spacial score (nSPS) is 12.5. The Bertz CT molecular complexity index is 278. The van der Waals surface area contributed by atoms with Gasteiger partial charge in [-0.25, -0.2) is 4.98 Å². The van der Waals surface area contributed by atoms with Gasteiger partial charge in [0.05, 0.1) is 12.3 Å². The average molecular weight is 195 g/mol. The molecule has 1 rings (SSSR count). The molecule has 0 bridgehead atoms. The molecule has 0 aliphatic carbocycles. The molecule has 78 valence electrons. The first-order valence-electron chi connectivity index (χ1n) is 4.74. The standard InChI is InChI=1S/C10H17N3O/c1-8(7-14-3)6-13-10-9(2)11-4-5-12-10/h4-5,8H,6-7H2,1-3H3,(H,12,13). The minimum atomic E-state index is 0.474. The Morgan fingerprint density at radius 3 is 2.79 bits per heavy atom. The van der Waals surface area contributed by atoms with Gasteiger partial charge in [-0.1, -0.05) is 6.92 Å². The van der Waals surface area contributed by atoms with Gasteiger partial charge in [-0.15, -0.1) is 0 Å². The molecular formula is C10H17N3O. The molecule has 1 aromatic rings. The quantitative estimate of drug-likeness (QED) is 0.773. The zero-order chi connectivity index (χ0) is 10.4. The van der Waals surface area contributed by atoms with Crippen molar-refractivity contribution in [1.82, 2.24) is 9.97 Å². The van der Waals surface area contributed by atoms with Crippen molar-refractivity contribution in [2.45, 2.75) is 13.8 Å². The number of nitrogens with zero attached hydrogens (tertiary/aromatic N) is 2. The van der Waals surface area contributed by atoms with Crippen LogP contribution in [0.1, 0.15) is 12.6 Å². The van der Waals surface area contributed by atoms with E-state index >= 15 is 0 Å². The lowest BCUT2D eigenvalue weighted by Gasteiger charge is -2.12. The molecule has 14 heavy (non-hydrogen) atoms. The van der Waals surface area contributed by atoms with Crippen molar-refractivity contribution in [2.24, 2.45) is 5.92 Å². The minimum Gasteiger partial charge on any atom is -0.384 e. The third-order valence-corrected chi connectivity index (χ3v) is 1.95. The number of anilines is 1. The summed E-state index contributed by atoms with van der Waals surface area (Å²) in [5.41, 5.74) is 0.928. The predicted octanol–water partition coefficient (Wildman–Crippen LogP) is 1.48. The van der Waals surface area contributed by atoms with E-state index in [1.165, 1.54) is 0 Å². The second kappa shape index (κ2) is 5.54. The topological polar surface area (TPSA) is 47.0 Å². The van der Waals surface area contributed by atoms with Gasteiger partial charge in [0.1, 0.15) is 5.82 Å². The first kappa shape index (κ1) is 10.9. The number of rotatable bonds is 5. The molecule has 1 unspecified atom stereocenters. The zero-order valence-corrected chi connectivity index (χ0v) is 8.95. The summed E-state index contributed by atoms with van der Waals surface area (Å²) >= 11 is 0. The lowest BCUT2D eigenvalue weighted by atomic mass is 10.2. The summed E-state index contributed by atoms with van der Waals surface area (Å²) < 4.78 is 5.05. The van der Waals surface area contributed by atoms with E-state index in [1.54, 1.807) is 19.5 Å². The first-order chi connectivity index (χ1) is 6.74. The fourth-order valence-electron chi connectivity index (χ4n) is 1.20. The number of aryl methyl sites for hydroxylation is 1. The fourth-order valence-corrected chi connectivity index (χ4v) is 1.20. The highest BCUT2D eigenvalue weighted by atomic mass is 16.5. The van der Waals surface area contributed by atoms with Crippen LogP contribution >= 0.6 is 0 Å². The van der Waals surface area contributed by atoms with E-state index < -0.39 is 0 Å². The highest BCUT2D eigenvalue weighted by Crippen LogP contribution is 2.07. The van der Waals surface area contributed by atoms with Crippen LogP contribution in [0.4, 0.5) is 5.82 Å². The van der Waals surface area contributed by atoms with E-state index in [-0.39, 0.29) is 0 Å². The molecule has 1 N–H and O–H groups in total. The highest BCUT2D eigenvalue weighted by molar-refractivity contribution is 5.38. The Kier molecular flexibility index (Phi) is 4.32. The molecule has 1 atom stereocenters. The van der Waals surface area contributed by atoms with Crippen molar-refractivity contribution >= 4 is 5.82 Å². The number of hydrogen-bond acceptors (Lipinski definition) is 4. The first-order valence-corrected chi connectivity index (χ1v) is 4.74. The number of nitrogens with one attached hydrogen (secondary N) is 1. The average Bonchev–Trinajstić information content (AvgIpc) is 2.17. The van der Waals surface area contributed by atoms with Crippen molar-refractivity contribution in [3.05, 3.63) is 18.1 Å². The van der Waals surface area contributed by atoms with Gasteiger partial charge in [0.25, 0.3) is 0 Å². The Balaban J connectivity index is 2.41. The van der Waals surface area contributed by atoms with E-state index in [9.17, 15) is 0 Å². The molecule has 1 heterocycles. The zero-order valence-electron chi connectivity index (χ0n) is 8.95. The predicted molar refractivity (Wildman–Crippen MR) is 56.3 cm³/mol. The van der Waals surface area contributed by atoms with Crippen LogP contribution in [0, 0.1) is 12.8 Å². The van der Waals surface area contributed by atoms with Crippen LogP contribution in [-0.4, -0.2) is 30.2 Å². The molecule has 0 fully saturated rings. The largest absolute Gasteiger partial charge is 0.384 e. The third-order valence-electron chi connectivity index (χ3n) is 1.95. The molecule has 0 aliphatic heterocycles. The summed E-state index contributed by atoms with van der Waals surface area (Å²) in [6.07, 6.45) is 3.38. The molecule has 0 aliphatic rings. The summed E-state index contributed by atoms with van der Waals surface area (Å²) in [6, 6.07) is 0. The van der Waals surface area contributed by atoms with E-state index in [0.717, 1.165) is 24.7 Å². The molecule has 0 radical (unpaired) electrons. The number of aromatic nitrogens is 2. The number of hydrogen-bond donors (Lipinski definition) is 1. The van der Waals surface area contributed by atoms with Crippen molar-refractivity contribution in [3.8, 4) is 0 Å². The molecule has 0 saturated carbocycles. The summed E-state index contributed by atoms with van der Waals surface area (Å²) in [4.78, 5) is 8.34. The Hall–Kier alpha value is -1.16. The maximum atomic E-state index is 5.05. The van der Waals surface area contributed by atoms with Crippen molar-refractivity contribution in [2.75, 3.05) is 25.6 Å². The monoisotopic (exact) mass is 195 g/mol. The SMILES string of the molecule is COCC(C)CNc1nccnc1C. The van der Waals surface area contributed by atoms with Gasteiger partial charge in [0.15, 0.2) is 0 Å². The molecule has 0 saturated heterocycles. The maximum Gasteiger partial charge on any atom is 0.147 e. The second-order valence-corrected chi connectivity index (χ2v) is 3.43. The van der Waals surface area contributed by atoms with Gasteiger partial charge in [0.2, 0.25) is 0 Å². The molecule has 1 aromatic heterocycles. The molecule has 4 nitrogen and oxygen atoms in total. The molecular weight excluding hydrogens is 178 g/mol. The minimum absolute atomic E-state index is 0.474. The number of ether oxygens (including phenoxy) is 1. The van der Waals surface area contributed by atoms with Crippen LogP contribution in [0.25, 0.3) is 0 Å². The van der Waals surface area contributed by atoms with Gasteiger partial charge in [-0.05, 0) is 12.8 Å². The van der Waals surface area contributed by atoms with Crippen LogP contribution in [0.5, 0.6) is 0 Å². The van der Waals surface area contributed by atoms with E-state index in [0.29, 0.717) is 5.92 Å². The fraction of sp³-hybridized carbons (Fsp3) is 0.600. The van der Waals surface area contributed by atoms with E-state index in [4.69, 9.17) is 4.74 Å². The second-order valence-electron chi connectivity index (χ2n) is 3.43. The van der Waals surface area contributed by atoms with Crippen LogP contribution in [0.3, 0.4) is 0 Å². The Morgan fingerprint density at radius 2 is 2.14 bits per heavy atom. The Morgan fingerprint density at radius 1 is 1.43 bits per heavy atom. The number of methoxy groups -OCH3 is 1. The van der Waals surface area contributed by atoms with E-state index in [1.807, 2.05) is 6.92 Å². The summed E-state index contributed by atoms with van der Waals surface area (Å²) in [6.45, 7) is 5.68. The molecule has 4 heteroatoms. The third kappa shape index (κ3) is 3.30. The van der Waals surface area contributed by atoms with Crippen LogP contribution in [0.2, 0.25) is 0 Å². The Labute approximate surface area is 84.7 Å². The maximum absolute atomic E-state index is 5.05. The van der Waals surface area contributed by atoms with Gasteiger partial charge >= 0.3 is 0 Å². The van der Waals surface area contributed by atoms with Gasteiger partial charge in [-0.3, -0.25) is 4.98 Å². The highest BCUT2D eigenvalue weighted by Gasteiger charge is 2.03. The summed E-state index contributed by atoms with van der Waals surface area (Å²) in [7, 11) is 1.71. The van der Waals surface area contributed by atoms with Crippen LogP contribution in [0.15, 0.2) is 12.4 Å². The van der Waals surface area contributed by atoms with Crippen molar-refractivity contribution < 1.29 is 4.74 Å². The smallest absolute Gasteiger partial charge is 0.147 e. The van der Waals surface area contributed by atoms with E-state index in [2.05, 4.69) is 22.2 Å².